The van der Waals surface area contributed by atoms with Gasteiger partial charge in [-0.3, -0.25) is 4.79 Å². The molecule has 1 saturated heterocycles. The molecule has 0 saturated carbocycles. The molecule has 2 aliphatic rings. The number of rotatable bonds is 4. The molecule has 2 aromatic rings. The number of nitrogens with zero attached hydrogens (tertiary/aromatic N) is 3. The molecule has 3 heterocycles. The van der Waals surface area contributed by atoms with Crippen molar-refractivity contribution in [1.29, 1.82) is 5.26 Å². The highest BCUT2D eigenvalue weighted by Crippen LogP contribution is 2.25. The molecule has 0 aliphatic carbocycles. The predicted octanol–water partition coefficient (Wildman–Crippen LogP) is 3.59. The summed E-state index contributed by atoms with van der Waals surface area (Å²) in [6.07, 6.45) is 2.46. The second-order valence-corrected chi connectivity index (χ2v) is 8.37. The van der Waals surface area contributed by atoms with Crippen LogP contribution in [-0.2, 0) is 17.9 Å². The van der Waals surface area contributed by atoms with Crippen LogP contribution >= 0.6 is 0 Å². The summed E-state index contributed by atoms with van der Waals surface area (Å²) in [6.45, 7) is 5.82. The first-order valence-electron chi connectivity index (χ1n) is 11.2. The fourth-order valence-corrected chi connectivity index (χ4v) is 4.28. The number of nitrogens with two attached hydrogens (primary N) is 1. The maximum Gasteiger partial charge on any atom is 0.337 e. The van der Waals surface area contributed by atoms with Crippen LogP contribution in [0, 0.1) is 23.0 Å². The van der Waals surface area contributed by atoms with Crippen molar-refractivity contribution in [2.24, 2.45) is 5.73 Å². The van der Waals surface area contributed by atoms with Gasteiger partial charge in [-0.25, -0.2) is 13.6 Å². The normalized spacial score (nSPS) is 17.9. The van der Waals surface area contributed by atoms with E-state index in [4.69, 9.17) is 15.7 Å². The van der Waals surface area contributed by atoms with Crippen molar-refractivity contribution in [1.82, 2.24) is 9.47 Å². The molecule has 0 spiro atoms. The fourth-order valence-electron chi connectivity index (χ4n) is 4.28. The minimum Gasteiger partial charge on any atom is -0.478 e. The lowest BCUT2D eigenvalue weighted by molar-refractivity contribution is 0.0640. The van der Waals surface area contributed by atoms with Crippen LogP contribution in [0.1, 0.15) is 76.8 Å². The molecule has 10 heteroatoms. The third-order valence-corrected chi connectivity index (χ3v) is 6.19. The molecular weight excluding hydrogens is 446 g/mol. The van der Waals surface area contributed by atoms with Crippen LogP contribution in [0.3, 0.4) is 0 Å². The van der Waals surface area contributed by atoms with Gasteiger partial charge in [-0.15, -0.1) is 0 Å². The summed E-state index contributed by atoms with van der Waals surface area (Å²) < 4.78 is 33.7. The first kappa shape index (κ1) is 25.3. The zero-order valence-corrected chi connectivity index (χ0v) is 19.2. The molecule has 4 rings (SSSR count). The van der Waals surface area contributed by atoms with E-state index in [1.54, 1.807) is 17.6 Å². The van der Waals surface area contributed by atoms with E-state index < -0.39 is 23.6 Å². The first-order valence-corrected chi connectivity index (χ1v) is 11.2. The fraction of sp³-hybridized carbons (Fsp3) is 0.458. The van der Waals surface area contributed by atoms with E-state index in [0.29, 0.717) is 31.0 Å². The maximum atomic E-state index is 13.3. The number of carbonyl (C=O) groups excluding carboxylic acids is 1. The Labute approximate surface area is 196 Å². The van der Waals surface area contributed by atoms with E-state index in [2.05, 4.69) is 0 Å². The van der Waals surface area contributed by atoms with Crippen LogP contribution in [0.2, 0.25) is 0 Å². The van der Waals surface area contributed by atoms with Gasteiger partial charge in [0.25, 0.3) is 5.91 Å². The summed E-state index contributed by atoms with van der Waals surface area (Å²) >= 11 is 0. The highest BCUT2D eigenvalue weighted by molar-refractivity contribution is 5.98. The summed E-state index contributed by atoms with van der Waals surface area (Å²) in [5, 5.41) is 17.7. The smallest absolute Gasteiger partial charge is 0.337 e. The lowest BCUT2D eigenvalue weighted by atomic mass is 10.0. The molecule has 0 unspecified atom stereocenters. The molecule has 1 aromatic heterocycles. The molecule has 1 fully saturated rings. The van der Waals surface area contributed by atoms with E-state index in [0.717, 1.165) is 31.5 Å². The van der Waals surface area contributed by atoms with Crippen molar-refractivity contribution >= 4 is 11.9 Å². The number of carboxylic acids is 1. The van der Waals surface area contributed by atoms with Crippen LogP contribution in [0.15, 0.2) is 18.2 Å². The number of benzene rings is 1. The van der Waals surface area contributed by atoms with Gasteiger partial charge in [0.2, 0.25) is 0 Å². The number of carbonyl (C=O) groups is 2. The Balaban J connectivity index is 0.000000204. The van der Waals surface area contributed by atoms with E-state index >= 15 is 0 Å². The number of hydrogen-bond donors (Lipinski definition) is 2. The molecule has 182 valence electrons. The highest BCUT2D eigenvalue weighted by atomic mass is 19.1. The van der Waals surface area contributed by atoms with Gasteiger partial charge in [0.1, 0.15) is 17.3 Å². The summed E-state index contributed by atoms with van der Waals surface area (Å²) in [7, 11) is 0. The van der Waals surface area contributed by atoms with Crippen LogP contribution < -0.4 is 5.73 Å². The zero-order chi connectivity index (χ0) is 25.0. The number of halogens is 2. The maximum absolute atomic E-state index is 13.3. The molecule has 1 aromatic carbocycles. The largest absolute Gasteiger partial charge is 0.478 e. The van der Waals surface area contributed by atoms with E-state index in [-0.39, 0.29) is 35.2 Å². The molecule has 34 heavy (non-hydrogen) atoms. The summed E-state index contributed by atoms with van der Waals surface area (Å²) in [5.41, 5.74) is 6.60. The molecular formula is C24H28F2N4O4. The third kappa shape index (κ3) is 5.11. The molecule has 8 nitrogen and oxygen atoms in total. The van der Waals surface area contributed by atoms with Crippen molar-refractivity contribution < 1.29 is 28.2 Å². The Bertz CT molecular complexity index is 1100. The Morgan fingerprint density at radius 3 is 2.50 bits per heavy atom. The number of aromatic carboxylic acids is 1. The van der Waals surface area contributed by atoms with Crippen molar-refractivity contribution in [2.45, 2.75) is 58.3 Å². The Hall–Kier alpha value is -3.29. The van der Waals surface area contributed by atoms with Crippen molar-refractivity contribution in [3.8, 4) is 6.07 Å². The second kappa shape index (κ2) is 10.8. The van der Waals surface area contributed by atoms with Gasteiger partial charge in [0.05, 0.1) is 36.1 Å². The minimum atomic E-state index is -1.01. The van der Waals surface area contributed by atoms with Crippen LogP contribution in [0.25, 0.3) is 0 Å². The first-order chi connectivity index (χ1) is 16.2. The van der Waals surface area contributed by atoms with Crippen molar-refractivity contribution in [3.05, 3.63) is 57.9 Å². The lowest BCUT2D eigenvalue weighted by Gasteiger charge is -2.24. The number of hydrogen-bond acceptors (Lipinski definition) is 5. The highest BCUT2D eigenvalue weighted by Gasteiger charge is 2.31. The molecule has 0 radical (unpaired) electrons. The average molecular weight is 475 g/mol. The molecule has 2 atom stereocenters. The monoisotopic (exact) mass is 474 g/mol. The molecule has 2 aliphatic heterocycles. The van der Waals surface area contributed by atoms with Gasteiger partial charge in [-0.05, 0) is 44.4 Å². The van der Waals surface area contributed by atoms with Crippen molar-refractivity contribution in [2.75, 3.05) is 13.2 Å². The Kier molecular flexibility index (Phi) is 8.02. The summed E-state index contributed by atoms with van der Waals surface area (Å²) in [4.78, 5) is 25.8. The third-order valence-electron chi connectivity index (χ3n) is 6.19. The second-order valence-electron chi connectivity index (χ2n) is 8.37. The van der Waals surface area contributed by atoms with Crippen molar-refractivity contribution in [3.63, 3.8) is 0 Å². The zero-order valence-electron chi connectivity index (χ0n) is 19.2. The van der Waals surface area contributed by atoms with E-state index in [1.165, 1.54) is 6.07 Å². The number of ether oxygens (including phenoxy) is 1. The quantitative estimate of drug-likeness (QED) is 0.699. The SMILES string of the molecule is CC[C@@H](N)c1c(F)cc(C#N)cc1F.C[C@H]1CCCN1C(=O)c1cc(C(=O)O)c2n1CCOC2. The Morgan fingerprint density at radius 2 is 1.97 bits per heavy atom. The lowest BCUT2D eigenvalue weighted by Crippen LogP contribution is -2.35. The minimum absolute atomic E-state index is 0.0351. The van der Waals surface area contributed by atoms with Crippen LogP contribution in [-0.4, -0.2) is 45.6 Å². The van der Waals surface area contributed by atoms with E-state index in [1.807, 2.05) is 11.8 Å². The van der Waals surface area contributed by atoms with Crippen LogP contribution in [0.4, 0.5) is 8.78 Å². The number of carboxylic acid groups (broad SMARTS) is 1. The number of aromatic nitrogens is 1. The standard InChI is InChI=1S/C14H18N2O4.C10H10F2N2/c1-9-3-2-4-15(9)13(17)11-7-10(14(18)19)12-8-20-6-5-16(11)12;1-2-9(14)10-7(11)3-6(5-13)4-8(10)12/h7,9H,2-6,8H2,1H3,(H,18,19);3-4,9H,2,14H2,1H3/t2*9-/m01/s1. The average Bonchev–Trinajstić information content (AvgIpc) is 3.42. The predicted molar refractivity (Wildman–Crippen MR) is 119 cm³/mol. The summed E-state index contributed by atoms with van der Waals surface area (Å²) in [5.74, 6) is -2.58. The molecule has 3 N–H and O–H groups in total. The van der Waals surface area contributed by atoms with Gasteiger partial charge < -0.3 is 25.0 Å². The molecule has 0 bridgehead atoms. The Morgan fingerprint density at radius 1 is 1.29 bits per heavy atom. The van der Waals surface area contributed by atoms with Gasteiger partial charge in [0, 0.05) is 30.7 Å². The number of nitriles is 1. The van der Waals surface area contributed by atoms with Crippen LogP contribution in [0.5, 0.6) is 0 Å². The topological polar surface area (TPSA) is 122 Å². The van der Waals surface area contributed by atoms with E-state index in [9.17, 15) is 23.5 Å². The van der Waals surface area contributed by atoms with Gasteiger partial charge in [-0.2, -0.15) is 5.26 Å². The van der Waals surface area contributed by atoms with Gasteiger partial charge >= 0.3 is 5.97 Å². The number of fused-ring (bicyclic) bond motifs is 1. The number of amides is 1. The number of likely N-dealkylation sites (tertiary alicyclic amines) is 1. The van der Waals surface area contributed by atoms with Gasteiger partial charge in [0.15, 0.2) is 0 Å². The molecule has 1 amide bonds. The van der Waals surface area contributed by atoms with Gasteiger partial charge in [-0.1, -0.05) is 6.92 Å². The summed E-state index contributed by atoms with van der Waals surface area (Å²) in [6, 6.07) is 4.72.